The molecule has 1 aliphatic rings. The van der Waals surface area contributed by atoms with E-state index in [0.717, 1.165) is 6.54 Å². The minimum absolute atomic E-state index is 0.265. The molecule has 5 nitrogen and oxygen atoms in total. The SMILES string of the molecule is Cc1ccc(N)cc1S(=O)(=O)NCCN(C)C1CC1. The van der Waals surface area contributed by atoms with E-state index in [-0.39, 0.29) is 4.90 Å². The number of hydrogen-bond acceptors (Lipinski definition) is 4. The highest BCUT2D eigenvalue weighted by Gasteiger charge is 2.26. The van der Waals surface area contributed by atoms with Crippen molar-refractivity contribution in [2.45, 2.75) is 30.7 Å². The van der Waals surface area contributed by atoms with Gasteiger partial charge in [-0.05, 0) is 44.5 Å². The lowest BCUT2D eigenvalue weighted by Gasteiger charge is -2.16. The molecule has 0 saturated heterocycles. The molecule has 0 heterocycles. The fourth-order valence-electron chi connectivity index (χ4n) is 2.04. The van der Waals surface area contributed by atoms with E-state index < -0.39 is 10.0 Å². The molecule has 0 radical (unpaired) electrons. The molecule has 0 bridgehead atoms. The van der Waals surface area contributed by atoms with Crippen molar-refractivity contribution in [3.63, 3.8) is 0 Å². The third-order valence-corrected chi connectivity index (χ3v) is 5.03. The molecule has 0 spiro atoms. The number of rotatable bonds is 6. The number of anilines is 1. The molecular formula is C13H21N3O2S. The van der Waals surface area contributed by atoms with E-state index in [9.17, 15) is 8.42 Å². The van der Waals surface area contributed by atoms with Crippen molar-refractivity contribution in [2.75, 3.05) is 25.9 Å². The van der Waals surface area contributed by atoms with Crippen LogP contribution < -0.4 is 10.5 Å². The second-order valence-corrected chi connectivity index (χ2v) is 6.87. The van der Waals surface area contributed by atoms with Gasteiger partial charge in [-0.1, -0.05) is 6.07 Å². The fraction of sp³-hybridized carbons (Fsp3) is 0.538. The highest BCUT2D eigenvalue weighted by Crippen LogP contribution is 2.24. The van der Waals surface area contributed by atoms with Crippen LogP contribution in [0.2, 0.25) is 0 Å². The van der Waals surface area contributed by atoms with Crippen LogP contribution in [-0.2, 0) is 10.0 Å². The predicted octanol–water partition coefficient (Wildman–Crippen LogP) is 0.950. The molecule has 0 atom stereocenters. The summed E-state index contributed by atoms with van der Waals surface area (Å²) >= 11 is 0. The quantitative estimate of drug-likeness (QED) is 0.762. The maximum absolute atomic E-state index is 12.2. The maximum Gasteiger partial charge on any atom is 0.240 e. The number of sulfonamides is 1. The number of benzene rings is 1. The number of nitrogen functional groups attached to an aromatic ring is 1. The van der Waals surface area contributed by atoms with Gasteiger partial charge in [-0.3, -0.25) is 0 Å². The molecule has 0 amide bonds. The summed E-state index contributed by atoms with van der Waals surface area (Å²) in [6, 6.07) is 5.57. The molecule has 1 aromatic rings. The van der Waals surface area contributed by atoms with Crippen LogP contribution in [-0.4, -0.2) is 39.5 Å². The average Bonchev–Trinajstić information content (AvgIpc) is 3.15. The Morgan fingerprint density at radius 3 is 2.74 bits per heavy atom. The molecule has 6 heteroatoms. The van der Waals surface area contributed by atoms with Crippen LogP contribution in [0.15, 0.2) is 23.1 Å². The number of likely N-dealkylation sites (N-methyl/N-ethyl adjacent to an activating group) is 1. The van der Waals surface area contributed by atoms with Crippen molar-refractivity contribution in [1.29, 1.82) is 0 Å². The standard InChI is InChI=1S/C13H21N3O2S/c1-10-3-4-11(14)9-13(10)19(17,18)15-7-8-16(2)12-5-6-12/h3-4,9,12,15H,5-8,14H2,1-2H3. The Kier molecular flexibility index (Phi) is 4.13. The maximum atomic E-state index is 12.2. The second-order valence-electron chi connectivity index (χ2n) is 5.13. The van der Waals surface area contributed by atoms with E-state index in [2.05, 4.69) is 9.62 Å². The zero-order chi connectivity index (χ0) is 14.0. The Bertz CT molecular complexity index is 553. The van der Waals surface area contributed by atoms with E-state index in [1.165, 1.54) is 18.9 Å². The number of hydrogen-bond donors (Lipinski definition) is 2. The lowest BCUT2D eigenvalue weighted by molar-refractivity contribution is 0.329. The number of nitrogens with two attached hydrogens (primary N) is 1. The summed E-state index contributed by atoms with van der Waals surface area (Å²) in [6.45, 7) is 2.92. The molecular weight excluding hydrogens is 262 g/mol. The summed E-state index contributed by atoms with van der Waals surface area (Å²) in [5, 5.41) is 0. The van der Waals surface area contributed by atoms with Gasteiger partial charge >= 0.3 is 0 Å². The number of nitrogens with zero attached hydrogens (tertiary/aromatic N) is 1. The van der Waals surface area contributed by atoms with E-state index in [1.807, 2.05) is 7.05 Å². The van der Waals surface area contributed by atoms with Crippen molar-refractivity contribution < 1.29 is 8.42 Å². The van der Waals surface area contributed by atoms with Gasteiger partial charge in [0.15, 0.2) is 0 Å². The summed E-state index contributed by atoms with van der Waals surface area (Å²) in [7, 11) is -1.45. The summed E-state index contributed by atoms with van der Waals surface area (Å²) < 4.78 is 27.0. The summed E-state index contributed by atoms with van der Waals surface area (Å²) in [6.07, 6.45) is 2.44. The molecule has 106 valence electrons. The lowest BCUT2D eigenvalue weighted by atomic mass is 10.2. The molecule has 1 aromatic carbocycles. The fourth-order valence-corrected chi connectivity index (χ4v) is 3.34. The van der Waals surface area contributed by atoms with Gasteiger partial charge in [0.2, 0.25) is 10.0 Å². The van der Waals surface area contributed by atoms with Gasteiger partial charge in [-0.25, -0.2) is 13.1 Å². The Balaban J connectivity index is 1.99. The molecule has 0 aromatic heterocycles. The number of aryl methyl sites for hydroxylation is 1. The minimum Gasteiger partial charge on any atom is -0.399 e. The van der Waals surface area contributed by atoms with Crippen LogP contribution in [0, 0.1) is 6.92 Å². The van der Waals surface area contributed by atoms with E-state index >= 15 is 0 Å². The second kappa shape index (κ2) is 5.48. The Labute approximate surface area is 114 Å². The molecule has 1 aliphatic carbocycles. The molecule has 0 unspecified atom stereocenters. The molecule has 3 N–H and O–H groups in total. The highest BCUT2D eigenvalue weighted by molar-refractivity contribution is 7.89. The predicted molar refractivity (Wildman–Crippen MR) is 76.4 cm³/mol. The molecule has 1 saturated carbocycles. The first-order chi connectivity index (χ1) is 8.90. The highest BCUT2D eigenvalue weighted by atomic mass is 32.2. The lowest BCUT2D eigenvalue weighted by Crippen LogP contribution is -2.34. The van der Waals surface area contributed by atoms with Crippen LogP contribution in [0.4, 0.5) is 5.69 Å². The van der Waals surface area contributed by atoms with Crippen LogP contribution in [0.25, 0.3) is 0 Å². The smallest absolute Gasteiger partial charge is 0.240 e. The van der Waals surface area contributed by atoms with Crippen molar-refractivity contribution in [2.24, 2.45) is 0 Å². The van der Waals surface area contributed by atoms with Crippen molar-refractivity contribution >= 4 is 15.7 Å². The summed E-state index contributed by atoms with van der Waals surface area (Å²) in [4.78, 5) is 2.45. The summed E-state index contributed by atoms with van der Waals surface area (Å²) in [5.41, 5.74) is 6.81. The zero-order valence-electron chi connectivity index (χ0n) is 11.4. The van der Waals surface area contributed by atoms with Gasteiger partial charge in [0.1, 0.15) is 0 Å². The van der Waals surface area contributed by atoms with E-state index in [0.29, 0.717) is 23.8 Å². The van der Waals surface area contributed by atoms with Crippen molar-refractivity contribution in [1.82, 2.24) is 9.62 Å². The average molecular weight is 283 g/mol. The van der Waals surface area contributed by atoms with Gasteiger partial charge in [0.25, 0.3) is 0 Å². The van der Waals surface area contributed by atoms with Crippen LogP contribution in [0.1, 0.15) is 18.4 Å². The Morgan fingerprint density at radius 1 is 1.42 bits per heavy atom. The molecule has 19 heavy (non-hydrogen) atoms. The minimum atomic E-state index is -3.47. The zero-order valence-corrected chi connectivity index (χ0v) is 12.2. The third kappa shape index (κ3) is 3.68. The largest absolute Gasteiger partial charge is 0.399 e. The first kappa shape index (κ1) is 14.3. The molecule has 0 aliphatic heterocycles. The van der Waals surface area contributed by atoms with Gasteiger partial charge in [0.05, 0.1) is 4.90 Å². The van der Waals surface area contributed by atoms with Crippen LogP contribution in [0.5, 0.6) is 0 Å². The van der Waals surface area contributed by atoms with Gasteiger partial charge in [-0.15, -0.1) is 0 Å². The Morgan fingerprint density at radius 2 is 2.11 bits per heavy atom. The molecule has 1 fully saturated rings. The first-order valence-electron chi connectivity index (χ1n) is 6.46. The topological polar surface area (TPSA) is 75.4 Å². The van der Waals surface area contributed by atoms with Gasteiger partial charge in [0, 0.05) is 24.8 Å². The van der Waals surface area contributed by atoms with Crippen molar-refractivity contribution in [3.05, 3.63) is 23.8 Å². The molecule has 2 rings (SSSR count). The van der Waals surface area contributed by atoms with Gasteiger partial charge < -0.3 is 10.6 Å². The van der Waals surface area contributed by atoms with Crippen LogP contribution in [0.3, 0.4) is 0 Å². The van der Waals surface area contributed by atoms with Gasteiger partial charge in [-0.2, -0.15) is 0 Å². The number of nitrogens with one attached hydrogen (secondary N) is 1. The Hall–Kier alpha value is -1.11. The monoisotopic (exact) mass is 283 g/mol. The van der Waals surface area contributed by atoms with E-state index in [4.69, 9.17) is 5.73 Å². The van der Waals surface area contributed by atoms with Crippen LogP contribution >= 0.6 is 0 Å². The van der Waals surface area contributed by atoms with E-state index in [1.54, 1.807) is 19.1 Å². The normalized spacial score (nSPS) is 15.9. The third-order valence-electron chi connectivity index (χ3n) is 3.43. The first-order valence-corrected chi connectivity index (χ1v) is 7.94. The van der Waals surface area contributed by atoms with Crippen molar-refractivity contribution in [3.8, 4) is 0 Å². The summed E-state index contributed by atoms with van der Waals surface area (Å²) in [5.74, 6) is 0.